The Hall–Kier alpha value is -2.19. The number of carbonyl (C=O) groups is 1. The van der Waals surface area contributed by atoms with Gasteiger partial charge in [0.2, 0.25) is 5.91 Å². The number of likely N-dealkylation sites (tertiary alicyclic amines) is 1. The first-order chi connectivity index (χ1) is 13.7. The molecular formula is C20H27N5O3. The Morgan fingerprint density at radius 2 is 2.11 bits per heavy atom. The lowest BCUT2D eigenvalue weighted by molar-refractivity contribution is -0.132. The second-order valence-corrected chi connectivity index (χ2v) is 8.34. The molecule has 0 atom stereocenters. The van der Waals surface area contributed by atoms with Crippen LogP contribution in [0.1, 0.15) is 55.3 Å². The molecule has 2 saturated heterocycles. The molecule has 2 aromatic heterocycles. The molecule has 150 valence electrons. The van der Waals surface area contributed by atoms with Crippen LogP contribution in [-0.2, 0) is 22.6 Å². The molecule has 2 aliphatic heterocycles. The van der Waals surface area contributed by atoms with Crippen molar-refractivity contribution >= 4 is 5.91 Å². The average molecular weight is 385 g/mol. The number of nitrogens with zero attached hydrogens (tertiary/aromatic N) is 4. The molecule has 1 amide bonds. The van der Waals surface area contributed by atoms with Gasteiger partial charge in [-0.2, -0.15) is 0 Å². The van der Waals surface area contributed by atoms with Crippen LogP contribution < -0.4 is 0 Å². The molecular weight excluding hydrogens is 358 g/mol. The van der Waals surface area contributed by atoms with Crippen LogP contribution >= 0.6 is 0 Å². The van der Waals surface area contributed by atoms with E-state index in [0.29, 0.717) is 32.0 Å². The third kappa shape index (κ3) is 3.84. The highest BCUT2D eigenvalue weighted by Gasteiger charge is 2.40. The van der Waals surface area contributed by atoms with Crippen LogP contribution in [0.4, 0.5) is 0 Å². The number of H-pyrrole nitrogens is 1. The van der Waals surface area contributed by atoms with Crippen LogP contribution in [0.2, 0.25) is 0 Å². The topological polar surface area (TPSA) is 87.5 Å². The van der Waals surface area contributed by atoms with Crippen molar-refractivity contribution in [2.24, 2.45) is 0 Å². The maximum atomic E-state index is 12.6. The largest absolute Gasteiger partial charge is 0.373 e. The second-order valence-electron chi connectivity index (χ2n) is 8.34. The highest BCUT2D eigenvalue weighted by Crippen LogP contribution is 2.40. The molecule has 1 aliphatic carbocycles. The zero-order chi connectivity index (χ0) is 19.0. The van der Waals surface area contributed by atoms with Gasteiger partial charge < -0.3 is 19.1 Å². The molecule has 1 N–H and O–H groups in total. The standard InChI is InChI=1S/C20H27N5O3/c26-19-3-10-27-20(4-8-24(9-5-20)13-18-21-6-7-22-18)14-25(19)12-16-11-17(28-23-16)15-1-2-15/h6-7,11,15H,1-5,8-10,12-14H2,(H,21,22). The molecule has 0 radical (unpaired) electrons. The molecule has 2 aromatic rings. The summed E-state index contributed by atoms with van der Waals surface area (Å²) in [7, 11) is 0. The molecule has 1 saturated carbocycles. The number of amides is 1. The Balaban J connectivity index is 1.23. The van der Waals surface area contributed by atoms with Gasteiger partial charge in [-0.25, -0.2) is 4.98 Å². The Bertz CT molecular complexity index is 806. The number of hydrogen-bond acceptors (Lipinski definition) is 6. The minimum Gasteiger partial charge on any atom is -0.373 e. The van der Waals surface area contributed by atoms with Gasteiger partial charge in [-0.3, -0.25) is 9.69 Å². The van der Waals surface area contributed by atoms with E-state index in [4.69, 9.17) is 9.26 Å². The molecule has 1 spiro atoms. The number of piperidine rings is 1. The summed E-state index contributed by atoms with van der Waals surface area (Å²) >= 11 is 0. The number of nitrogens with one attached hydrogen (secondary N) is 1. The second kappa shape index (κ2) is 7.33. The number of ether oxygens (including phenoxy) is 1. The number of rotatable bonds is 5. The van der Waals surface area contributed by atoms with Crippen molar-refractivity contribution in [2.45, 2.75) is 56.7 Å². The van der Waals surface area contributed by atoms with Gasteiger partial charge in [0.25, 0.3) is 0 Å². The first-order valence-corrected chi connectivity index (χ1v) is 10.3. The van der Waals surface area contributed by atoms with Gasteiger partial charge in [-0.1, -0.05) is 5.16 Å². The van der Waals surface area contributed by atoms with E-state index >= 15 is 0 Å². The van der Waals surface area contributed by atoms with Crippen molar-refractivity contribution in [3.8, 4) is 0 Å². The van der Waals surface area contributed by atoms with Gasteiger partial charge >= 0.3 is 0 Å². The summed E-state index contributed by atoms with van der Waals surface area (Å²) in [5.74, 6) is 2.64. The van der Waals surface area contributed by atoms with Crippen molar-refractivity contribution in [1.29, 1.82) is 0 Å². The number of aromatic nitrogens is 3. The van der Waals surface area contributed by atoms with Crippen LogP contribution in [0.5, 0.6) is 0 Å². The molecule has 5 rings (SSSR count). The number of carbonyl (C=O) groups excluding carboxylic acids is 1. The van der Waals surface area contributed by atoms with E-state index in [9.17, 15) is 4.79 Å². The van der Waals surface area contributed by atoms with Crippen LogP contribution in [0, 0.1) is 0 Å². The summed E-state index contributed by atoms with van der Waals surface area (Å²) in [6, 6.07) is 2.02. The maximum absolute atomic E-state index is 12.6. The molecule has 3 fully saturated rings. The Morgan fingerprint density at radius 3 is 2.86 bits per heavy atom. The monoisotopic (exact) mass is 385 g/mol. The Labute approximate surface area is 164 Å². The van der Waals surface area contributed by atoms with Crippen molar-refractivity contribution in [1.82, 2.24) is 24.9 Å². The van der Waals surface area contributed by atoms with Crippen LogP contribution in [0.15, 0.2) is 23.0 Å². The van der Waals surface area contributed by atoms with Crippen molar-refractivity contribution in [3.63, 3.8) is 0 Å². The van der Waals surface area contributed by atoms with E-state index in [1.54, 1.807) is 6.20 Å². The van der Waals surface area contributed by atoms with Crippen LogP contribution in [0.3, 0.4) is 0 Å². The molecule has 4 heterocycles. The Kier molecular flexibility index (Phi) is 4.68. The van der Waals surface area contributed by atoms with E-state index in [0.717, 1.165) is 49.8 Å². The highest BCUT2D eigenvalue weighted by molar-refractivity contribution is 5.76. The van der Waals surface area contributed by atoms with Gasteiger partial charge in [-0.15, -0.1) is 0 Å². The fraction of sp³-hybridized carbons (Fsp3) is 0.650. The van der Waals surface area contributed by atoms with E-state index in [1.165, 1.54) is 12.8 Å². The molecule has 8 nitrogen and oxygen atoms in total. The molecule has 8 heteroatoms. The van der Waals surface area contributed by atoms with Crippen LogP contribution in [-0.4, -0.2) is 62.7 Å². The smallest absolute Gasteiger partial charge is 0.225 e. The zero-order valence-electron chi connectivity index (χ0n) is 16.1. The quantitative estimate of drug-likeness (QED) is 0.848. The summed E-state index contributed by atoms with van der Waals surface area (Å²) in [5, 5.41) is 4.20. The van der Waals surface area contributed by atoms with Crippen LogP contribution in [0.25, 0.3) is 0 Å². The average Bonchev–Trinajstić information content (AvgIpc) is 3.26. The SMILES string of the molecule is O=C1CCOC2(CCN(Cc3ncc[nH]3)CC2)CN1Cc1cc(C2CC2)on1. The van der Waals surface area contributed by atoms with Gasteiger partial charge in [0.05, 0.1) is 38.3 Å². The highest BCUT2D eigenvalue weighted by atomic mass is 16.5. The van der Waals surface area contributed by atoms with Crippen molar-refractivity contribution < 1.29 is 14.1 Å². The summed E-state index contributed by atoms with van der Waals surface area (Å²) < 4.78 is 11.7. The fourth-order valence-corrected chi connectivity index (χ4v) is 4.31. The predicted molar refractivity (Wildman–Crippen MR) is 100 cm³/mol. The molecule has 0 aromatic carbocycles. The summed E-state index contributed by atoms with van der Waals surface area (Å²) in [6.07, 6.45) is 8.29. The molecule has 3 aliphatic rings. The van der Waals surface area contributed by atoms with E-state index in [1.807, 2.05) is 17.2 Å². The number of imidazole rings is 1. The van der Waals surface area contributed by atoms with Gasteiger partial charge in [0.15, 0.2) is 0 Å². The first-order valence-electron chi connectivity index (χ1n) is 10.3. The van der Waals surface area contributed by atoms with E-state index in [-0.39, 0.29) is 11.5 Å². The van der Waals surface area contributed by atoms with Crippen molar-refractivity contribution in [2.75, 3.05) is 26.2 Å². The minimum atomic E-state index is -0.255. The van der Waals surface area contributed by atoms with Gasteiger partial charge in [0, 0.05) is 37.5 Å². The molecule has 28 heavy (non-hydrogen) atoms. The lowest BCUT2D eigenvalue weighted by atomic mass is 9.90. The summed E-state index contributed by atoms with van der Waals surface area (Å²) in [4.78, 5) is 24.4. The van der Waals surface area contributed by atoms with Gasteiger partial charge in [0.1, 0.15) is 17.3 Å². The lowest BCUT2D eigenvalue weighted by Crippen LogP contribution is -2.51. The summed E-state index contributed by atoms with van der Waals surface area (Å²) in [6.45, 7) is 4.35. The molecule has 0 unspecified atom stereocenters. The van der Waals surface area contributed by atoms with E-state index < -0.39 is 0 Å². The van der Waals surface area contributed by atoms with Gasteiger partial charge in [-0.05, 0) is 25.7 Å². The normalized spacial score (nSPS) is 23.3. The molecule has 0 bridgehead atoms. The lowest BCUT2D eigenvalue weighted by Gasteiger charge is -2.42. The van der Waals surface area contributed by atoms with E-state index in [2.05, 4.69) is 20.0 Å². The van der Waals surface area contributed by atoms with Crippen molar-refractivity contribution in [3.05, 3.63) is 35.7 Å². The third-order valence-electron chi connectivity index (χ3n) is 6.16. The first kappa shape index (κ1) is 17.9. The predicted octanol–water partition coefficient (Wildman–Crippen LogP) is 2.06. The third-order valence-corrected chi connectivity index (χ3v) is 6.16. The fourth-order valence-electron chi connectivity index (χ4n) is 4.31. The zero-order valence-corrected chi connectivity index (χ0v) is 16.1. The number of hydrogen-bond donors (Lipinski definition) is 1. The maximum Gasteiger partial charge on any atom is 0.225 e. The minimum absolute atomic E-state index is 0.144. The summed E-state index contributed by atoms with van der Waals surface area (Å²) in [5.41, 5.74) is 0.595. The Morgan fingerprint density at radius 1 is 1.25 bits per heavy atom. The number of aromatic amines is 1.